The topological polar surface area (TPSA) is 73.2 Å². The van der Waals surface area contributed by atoms with Crippen molar-refractivity contribution in [3.05, 3.63) is 11.8 Å². The van der Waals surface area contributed by atoms with Gasteiger partial charge in [-0.05, 0) is 6.92 Å². The minimum atomic E-state index is -3.24. The normalized spacial score (nSPS) is 16.1. The highest BCUT2D eigenvalue weighted by atomic mass is 32.2. The van der Waals surface area contributed by atoms with Gasteiger partial charge in [-0.15, -0.1) is 0 Å². The van der Waals surface area contributed by atoms with Crippen LogP contribution in [0.2, 0.25) is 0 Å². The van der Waals surface area contributed by atoms with E-state index in [-0.39, 0.29) is 5.75 Å². The molecule has 0 saturated carbocycles. The number of aromatic nitrogens is 2. The summed E-state index contributed by atoms with van der Waals surface area (Å²) in [5.41, 5.74) is 0.898. The molecule has 6 nitrogen and oxygen atoms in total. The van der Waals surface area contributed by atoms with E-state index < -0.39 is 10.0 Å². The number of hydrogen-bond acceptors (Lipinski definition) is 4. The second kappa shape index (κ2) is 3.82. The highest BCUT2D eigenvalue weighted by Gasteiger charge is 2.15. The van der Waals surface area contributed by atoms with E-state index in [1.54, 1.807) is 17.7 Å². The summed E-state index contributed by atoms with van der Waals surface area (Å²) in [4.78, 5) is 0. The number of ether oxygens (including phenoxy) is 1. The lowest BCUT2D eigenvalue weighted by atomic mass is 10.4. The molecule has 1 aromatic heterocycles. The average molecular weight is 231 g/mol. The Morgan fingerprint density at radius 3 is 3.13 bits per heavy atom. The van der Waals surface area contributed by atoms with Crippen LogP contribution in [-0.4, -0.2) is 30.6 Å². The van der Waals surface area contributed by atoms with Crippen molar-refractivity contribution in [2.45, 2.75) is 20.1 Å². The molecule has 7 heteroatoms. The number of sulfonamides is 1. The zero-order valence-corrected chi connectivity index (χ0v) is 9.25. The van der Waals surface area contributed by atoms with Crippen LogP contribution in [0.1, 0.15) is 12.6 Å². The van der Waals surface area contributed by atoms with E-state index in [1.165, 1.54) is 0 Å². The fraction of sp³-hybridized carbons (Fsp3) is 0.625. The first-order valence-electron chi connectivity index (χ1n) is 4.75. The second-order valence-electron chi connectivity index (χ2n) is 3.30. The summed E-state index contributed by atoms with van der Waals surface area (Å²) in [5.74, 6) is 0.420. The first kappa shape index (κ1) is 10.4. The second-order valence-corrected chi connectivity index (χ2v) is 5.31. The summed E-state index contributed by atoms with van der Waals surface area (Å²) in [6.45, 7) is 3.36. The molecule has 84 valence electrons. The molecule has 2 heterocycles. The molecule has 1 aliphatic rings. The molecular weight excluding hydrogens is 218 g/mol. The van der Waals surface area contributed by atoms with Crippen LogP contribution in [0.15, 0.2) is 6.07 Å². The van der Waals surface area contributed by atoms with Crippen molar-refractivity contribution in [3.63, 3.8) is 0 Å². The van der Waals surface area contributed by atoms with Gasteiger partial charge in [0.2, 0.25) is 10.0 Å². The van der Waals surface area contributed by atoms with Crippen molar-refractivity contribution >= 4 is 15.8 Å². The quantitative estimate of drug-likeness (QED) is 0.805. The van der Waals surface area contributed by atoms with E-state index in [2.05, 4.69) is 9.82 Å². The van der Waals surface area contributed by atoms with Crippen molar-refractivity contribution in [3.8, 4) is 0 Å². The number of hydrogen-bond donors (Lipinski definition) is 1. The first-order chi connectivity index (χ1) is 7.11. The van der Waals surface area contributed by atoms with E-state index in [9.17, 15) is 8.42 Å². The molecular formula is C8H13N3O3S. The highest BCUT2D eigenvalue weighted by Crippen LogP contribution is 2.15. The summed E-state index contributed by atoms with van der Waals surface area (Å²) in [5, 5.41) is 4.13. The van der Waals surface area contributed by atoms with Crippen molar-refractivity contribution in [2.24, 2.45) is 0 Å². The van der Waals surface area contributed by atoms with Crippen LogP contribution < -0.4 is 4.72 Å². The summed E-state index contributed by atoms with van der Waals surface area (Å²) < 4.78 is 32.0. The minimum Gasteiger partial charge on any atom is -0.373 e. The Balaban J connectivity index is 2.20. The molecule has 1 aliphatic heterocycles. The van der Waals surface area contributed by atoms with Crippen LogP contribution in [-0.2, 0) is 27.9 Å². The van der Waals surface area contributed by atoms with E-state index >= 15 is 0 Å². The van der Waals surface area contributed by atoms with Crippen LogP contribution in [0.5, 0.6) is 0 Å². The third-order valence-electron chi connectivity index (χ3n) is 2.20. The Morgan fingerprint density at radius 2 is 2.47 bits per heavy atom. The van der Waals surface area contributed by atoms with Crippen LogP contribution >= 0.6 is 0 Å². The van der Waals surface area contributed by atoms with Gasteiger partial charge in [-0.1, -0.05) is 0 Å². The Labute approximate surface area is 88.3 Å². The molecule has 0 radical (unpaired) electrons. The van der Waals surface area contributed by atoms with Gasteiger partial charge in [0.25, 0.3) is 0 Å². The lowest BCUT2D eigenvalue weighted by Gasteiger charge is -2.12. The van der Waals surface area contributed by atoms with Crippen LogP contribution in [0.25, 0.3) is 0 Å². The molecule has 1 aromatic rings. The van der Waals surface area contributed by atoms with Gasteiger partial charge in [0.1, 0.15) is 0 Å². The monoisotopic (exact) mass is 231 g/mol. The SMILES string of the molecule is CCS(=O)(=O)Nc1cc2n(n1)CCOC2. The van der Waals surface area contributed by atoms with Gasteiger partial charge in [0, 0.05) is 6.07 Å². The molecule has 0 atom stereocenters. The molecule has 0 fully saturated rings. The van der Waals surface area contributed by atoms with E-state index in [4.69, 9.17) is 4.74 Å². The maximum Gasteiger partial charge on any atom is 0.233 e. The zero-order valence-electron chi connectivity index (χ0n) is 8.43. The standard InChI is InChI=1S/C8H13N3O3S/c1-2-15(12,13)10-8-5-7-6-14-4-3-11(7)9-8/h5H,2-4,6H2,1H3,(H,9,10). The van der Waals surface area contributed by atoms with Crippen molar-refractivity contribution < 1.29 is 13.2 Å². The summed E-state index contributed by atoms with van der Waals surface area (Å²) in [6.07, 6.45) is 0. The summed E-state index contributed by atoms with van der Waals surface area (Å²) in [7, 11) is -3.24. The molecule has 0 bridgehead atoms. The fourth-order valence-corrected chi connectivity index (χ4v) is 1.94. The van der Waals surface area contributed by atoms with E-state index in [1.807, 2.05) is 0 Å². The highest BCUT2D eigenvalue weighted by molar-refractivity contribution is 7.92. The van der Waals surface area contributed by atoms with Crippen molar-refractivity contribution in [1.82, 2.24) is 9.78 Å². The third-order valence-corrected chi connectivity index (χ3v) is 3.48. The molecule has 0 saturated heterocycles. The Morgan fingerprint density at radius 1 is 1.67 bits per heavy atom. The van der Waals surface area contributed by atoms with Gasteiger partial charge in [-0.2, -0.15) is 5.10 Å². The third kappa shape index (κ3) is 2.29. The van der Waals surface area contributed by atoms with Crippen molar-refractivity contribution in [1.29, 1.82) is 0 Å². The van der Waals surface area contributed by atoms with Gasteiger partial charge in [-0.3, -0.25) is 9.40 Å². The fourth-order valence-electron chi connectivity index (χ4n) is 1.37. The maximum absolute atomic E-state index is 11.3. The number of fused-ring (bicyclic) bond motifs is 1. The molecule has 0 aromatic carbocycles. The maximum atomic E-state index is 11.3. The minimum absolute atomic E-state index is 0.0473. The summed E-state index contributed by atoms with van der Waals surface area (Å²) >= 11 is 0. The molecule has 2 rings (SSSR count). The summed E-state index contributed by atoms with van der Waals surface area (Å²) in [6, 6.07) is 1.70. The molecule has 15 heavy (non-hydrogen) atoms. The lowest BCUT2D eigenvalue weighted by molar-refractivity contribution is 0.0801. The average Bonchev–Trinajstić information content (AvgIpc) is 2.58. The largest absolute Gasteiger partial charge is 0.373 e. The molecule has 0 spiro atoms. The zero-order chi connectivity index (χ0) is 10.9. The van der Waals surface area contributed by atoms with E-state index in [0.717, 1.165) is 5.69 Å². The smallest absolute Gasteiger partial charge is 0.233 e. The van der Waals surface area contributed by atoms with E-state index in [0.29, 0.717) is 25.6 Å². The van der Waals surface area contributed by atoms with Crippen LogP contribution in [0.3, 0.4) is 0 Å². The first-order valence-corrected chi connectivity index (χ1v) is 6.41. The van der Waals surface area contributed by atoms with Crippen molar-refractivity contribution in [2.75, 3.05) is 17.1 Å². The van der Waals surface area contributed by atoms with Gasteiger partial charge < -0.3 is 4.74 Å². The Bertz CT molecular complexity index is 428. The van der Waals surface area contributed by atoms with Gasteiger partial charge in [0.05, 0.1) is 31.2 Å². The number of nitrogens with zero attached hydrogens (tertiary/aromatic N) is 2. The van der Waals surface area contributed by atoms with Gasteiger partial charge in [-0.25, -0.2) is 8.42 Å². The number of anilines is 1. The molecule has 0 aliphatic carbocycles. The van der Waals surface area contributed by atoms with Gasteiger partial charge in [0.15, 0.2) is 5.82 Å². The number of rotatable bonds is 3. The Kier molecular flexibility index (Phi) is 2.66. The Hall–Kier alpha value is -1.08. The lowest BCUT2D eigenvalue weighted by Crippen LogP contribution is -2.17. The molecule has 0 unspecified atom stereocenters. The predicted molar refractivity (Wildman–Crippen MR) is 55.0 cm³/mol. The number of nitrogens with one attached hydrogen (secondary N) is 1. The predicted octanol–water partition coefficient (Wildman–Crippen LogP) is 0.175. The molecule has 0 amide bonds. The van der Waals surface area contributed by atoms with Crippen LogP contribution in [0, 0.1) is 0 Å². The molecule has 1 N–H and O–H groups in total. The van der Waals surface area contributed by atoms with Gasteiger partial charge >= 0.3 is 0 Å². The van der Waals surface area contributed by atoms with Crippen LogP contribution in [0.4, 0.5) is 5.82 Å².